The number of amides is 1. The molecule has 0 saturated carbocycles. The molecule has 1 aromatic rings. The molecule has 0 aliphatic carbocycles. The van der Waals surface area contributed by atoms with Crippen molar-refractivity contribution in [3.8, 4) is 0 Å². The number of piperidine rings is 1. The number of benzene rings is 1. The third-order valence-corrected chi connectivity index (χ3v) is 3.56. The monoisotopic (exact) mass is 252 g/mol. The number of rotatable bonds is 2. The quantitative estimate of drug-likeness (QED) is 0.873. The van der Waals surface area contributed by atoms with Crippen LogP contribution in [0.25, 0.3) is 0 Å². The molecule has 1 aromatic carbocycles. The lowest BCUT2D eigenvalue weighted by atomic mass is 10.0. The predicted molar refractivity (Wildman–Crippen MR) is 68.9 cm³/mol. The van der Waals surface area contributed by atoms with Crippen LogP contribution < -0.4 is 5.73 Å². The number of carbonyl (C=O) groups is 1. The van der Waals surface area contributed by atoms with Gasteiger partial charge in [0.2, 0.25) is 5.91 Å². The van der Waals surface area contributed by atoms with E-state index in [4.69, 9.17) is 17.3 Å². The van der Waals surface area contributed by atoms with Gasteiger partial charge in [-0.05, 0) is 24.5 Å². The molecule has 0 atom stereocenters. The summed E-state index contributed by atoms with van der Waals surface area (Å²) in [4.78, 5) is 13.9. The summed E-state index contributed by atoms with van der Waals surface area (Å²) in [6.07, 6.45) is 2.18. The first-order valence-electron chi connectivity index (χ1n) is 5.93. The van der Waals surface area contributed by atoms with Gasteiger partial charge in [0.25, 0.3) is 0 Å². The minimum absolute atomic E-state index is 0.144. The summed E-state index contributed by atoms with van der Waals surface area (Å²) >= 11 is 6.04. The highest BCUT2D eigenvalue weighted by Crippen LogP contribution is 2.17. The maximum Gasteiger partial charge on any atom is 0.227 e. The second-order valence-electron chi connectivity index (χ2n) is 4.49. The van der Waals surface area contributed by atoms with E-state index in [0.29, 0.717) is 11.4 Å². The molecule has 1 fully saturated rings. The van der Waals surface area contributed by atoms with Gasteiger partial charge in [0, 0.05) is 24.2 Å². The first-order chi connectivity index (χ1) is 8.16. The van der Waals surface area contributed by atoms with E-state index >= 15 is 0 Å². The van der Waals surface area contributed by atoms with Crippen molar-refractivity contribution >= 4 is 17.5 Å². The first-order valence-corrected chi connectivity index (χ1v) is 6.31. The molecule has 4 heteroatoms. The van der Waals surface area contributed by atoms with Crippen LogP contribution in [0.15, 0.2) is 24.3 Å². The molecule has 17 heavy (non-hydrogen) atoms. The van der Waals surface area contributed by atoms with E-state index in [1.807, 2.05) is 29.2 Å². The Morgan fingerprint density at radius 2 is 2.00 bits per heavy atom. The number of carbonyl (C=O) groups excluding carboxylic acids is 1. The van der Waals surface area contributed by atoms with Gasteiger partial charge in [-0.25, -0.2) is 0 Å². The third kappa shape index (κ3) is 3.20. The molecule has 0 radical (unpaired) electrons. The molecule has 1 saturated heterocycles. The molecular formula is C13H17ClN2O. The van der Waals surface area contributed by atoms with Crippen LogP contribution in [0.2, 0.25) is 5.02 Å². The Balaban J connectivity index is 1.95. The third-order valence-electron chi connectivity index (χ3n) is 3.19. The van der Waals surface area contributed by atoms with Crippen LogP contribution >= 0.6 is 11.6 Å². The molecule has 1 aliphatic heterocycles. The van der Waals surface area contributed by atoms with Crippen molar-refractivity contribution < 1.29 is 4.79 Å². The summed E-state index contributed by atoms with van der Waals surface area (Å²) in [6, 6.07) is 7.74. The van der Waals surface area contributed by atoms with Crippen molar-refractivity contribution in [2.45, 2.75) is 25.3 Å². The van der Waals surface area contributed by atoms with Crippen LogP contribution in [-0.2, 0) is 11.2 Å². The molecule has 3 nitrogen and oxygen atoms in total. The summed E-state index contributed by atoms with van der Waals surface area (Å²) in [5, 5.41) is 0.662. The summed E-state index contributed by atoms with van der Waals surface area (Å²) in [5.74, 6) is 0.144. The van der Waals surface area contributed by atoms with Crippen molar-refractivity contribution in [1.29, 1.82) is 0 Å². The molecule has 2 rings (SSSR count). The zero-order chi connectivity index (χ0) is 12.3. The lowest BCUT2D eigenvalue weighted by Crippen LogP contribution is -2.43. The minimum atomic E-state index is 0.144. The van der Waals surface area contributed by atoms with Crippen molar-refractivity contribution in [2.75, 3.05) is 13.1 Å². The van der Waals surface area contributed by atoms with Gasteiger partial charge in [0.05, 0.1) is 6.42 Å². The molecule has 92 valence electrons. The second kappa shape index (κ2) is 5.52. The predicted octanol–water partition coefficient (Wildman–Crippen LogP) is 1.83. The summed E-state index contributed by atoms with van der Waals surface area (Å²) < 4.78 is 0. The molecule has 1 amide bonds. The van der Waals surface area contributed by atoms with Gasteiger partial charge < -0.3 is 10.6 Å². The maximum absolute atomic E-state index is 12.1. The smallest absolute Gasteiger partial charge is 0.227 e. The fourth-order valence-electron chi connectivity index (χ4n) is 2.07. The van der Waals surface area contributed by atoms with Gasteiger partial charge in [-0.3, -0.25) is 4.79 Å². The highest BCUT2D eigenvalue weighted by molar-refractivity contribution is 6.31. The van der Waals surface area contributed by atoms with Crippen molar-refractivity contribution in [3.63, 3.8) is 0 Å². The lowest BCUT2D eigenvalue weighted by molar-refractivity contribution is -0.131. The van der Waals surface area contributed by atoms with Gasteiger partial charge >= 0.3 is 0 Å². The Morgan fingerprint density at radius 3 is 2.65 bits per heavy atom. The maximum atomic E-state index is 12.1. The largest absolute Gasteiger partial charge is 0.342 e. The van der Waals surface area contributed by atoms with E-state index in [2.05, 4.69) is 0 Å². The number of hydrogen-bond acceptors (Lipinski definition) is 2. The Labute approximate surface area is 107 Å². The van der Waals surface area contributed by atoms with Crippen molar-refractivity contribution in [2.24, 2.45) is 5.73 Å². The van der Waals surface area contributed by atoms with E-state index in [1.165, 1.54) is 0 Å². The van der Waals surface area contributed by atoms with Gasteiger partial charge in [-0.1, -0.05) is 29.8 Å². The number of hydrogen-bond donors (Lipinski definition) is 1. The van der Waals surface area contributed by atoms with Gasteiger partial charge in [-0.2, -0.15) is 0 Å². The standard InChI is InChI=1S/C13H17ClN2O/c14-12-4-2-1-3-10(12)9-13(17)16-7-5-11(15)6-8-16/h1-4,11H,5-9,15H2. The molecule has 0 spiro atoms. The van der Waals surface area contributed by atoms with Gasteiger partial charge in [-0.15, -0.1) is 0 Å². The normalized spacial score (nSPS) is 17.2. The van der Waals surface area contributed by atoms with Crippen LogP contribution in [0, 0.1) is 0 Å². The zero-order valence-corrected chi connectivity index (χ0v) is 10.5. The molecule has 0 aromatic heterocycles. The fraction of sp³-hybridized carbons (Fsp3) is 0.462. The van der Waals surface area contributed by atoms with Crippen molar-refractivity contribution in [3.05, 3.63) is 34.9 Å². The van der Waals surface area contributed by atoms with Crippen molar-refractivity contribution in [1.82, 2.24) is 4.90 Å². The van der Waals surface area contributed by atoms with Crippen LogP contribution in [0.1, 0.15) is 18.4 Å². The van der Waals surface area contributed by atoms with Crippen LogP contribution in [0.4, 0.5) is 0 Å². The fourth-order valence-corrected chi connectivity index (χ4v) is 2.27. The zero-order valence-electron chi connectivity index (χ0n) is 9.73. The van der Waals surface area contributed by atoms with E-state index < -0.39 is 0 Å². The second-order valence-corrected chi connectivity index (χ2v) is 4.89. The van der Waals surface area contributed by atoms with E-state index in [-0.39, 0.29) is 11.9 Å². The number of nitrogens with two attached hydrogens (primary N) is 1. The Morgan fingerprint density at radius 1 is 1.35 bits per heavy atom. The average molecular weight is 253 g/mol. The summed E-state index contributed by atoms with van der Waals surface area (Å²) in [6.45, 7) is 1.54. The lowest BCUT2D eigenvalue weighted by Gasteiger charge is -2.30. The van der Waals surface area contributed by atoms with Crippen LogP contribution in [0.5, 0.6) is 0 Å². The SMILES string of the molecule is NC1CCN(C(=O)Cc2ccccc2Cl)CC1. The molecule has 0 unspecified atom stereocenters. The Bertz CT molecular complexity index is 400. The molecular weight excluding hydrogens is 236 g/mol. The highest BCUT2D eigenvalue weighted by atomic mass is 35.5. The van der Waals surface area contributed by atoms with Crippen LogP contribution in [-0.4, -0.2) is 29.9 Å². The number of nitrogens with zero attached hydrogens (tertiary/aromatic N) is 1. The number of halogens is 1. The molecule has 1 heterocycles. The number of likely N-dealkylation sites (tertiary alicyclic amines) is 1. The van der Waals surface area contributed by atoms with Gasteiger partial charge in [0.1, 0.15) is 0 Å². The highest BCUT2D eigenvalue weighted by Gasteiger charge is 2.20. The van der Waals surface area contributed by atoms with E-state index in [0.717, 1.165) is 31.5 Å². The summed E-state index contributed by atoms with van der Waals surface area (Å²) in [5.41, 5.74) is 6.71. The van der Waals surface area contributed by atoms with E-state index in [9.17, 15) is 4.79 Å². The van der Waals surface area contributed by atoms with Gasteiger partial charge in [0.15, 0.2) is 0 Å². The van der Waals surface area contributed by atoms with Crippen LogP contribution in [0.3, 0.4) is 0 Å². The first kappa shape index (κ1) is 12.4. The Hall–Kier alpha value is -1.06. The molecule has 0 bridgehead atoms. The molecule has 1 aliphatic rings. The average Bonchev–Trinajstić information content (AvgIpc) is 2.33. The molecule has 2 N–H and O–H groups in total. The Kier molecular flexibility index (Phi) is 4.02. The summed E-state index contributed by atoms with van der Waals surface area (Å²) in [7, 11) is 0. The minimum Gasteiger partial charge on any atom is -0.342 e. The topological polar surface area (TPSA) is 46.3 Å². The van der Waals surface area contributed by atoms with E-state index in [1.54, 1.807) is 0 Å².